The molecule has 0 spiro atoms. The maximum Gasteiger partial charge on any atom is 0.246 e. The van der Waals surface area contributed by atoms with Crippen LogP contribution in [0.2, 0.25) is 12.6 Å². The van der Waals surface area contributed by atoms with E-state index in [0.29, 0.717) is 0 Å². The Bertz CT molecular complexity index is 2130. The zero-order valence-corrected chi connectivity index (χ0v) is 30.6. The third-order valence-electron chi connectivity index (χ3n) is 11.6. The van der Waals surface area contributed by atoms with Gasteiger partial charge in [0.15, 0.2) is 0 Å². The van der Waals surface area contributed by atoms with Crippen LogP contribution in [0.3, 0.4) is 0 Å². The molecular weight excluding hydrogens is 615 g/mol. The lowest BCUT2D eigenvalue weighted by atomic mass is 9.35. The molecule has 5 heteroatoms. The molecule has 1 unspecified atom stereocenters. The van der Waals surface area contributed by atoms with Gasteiger partial charge in [0, 0.05) is 38.2 Å². The molecule has 0 bridgehead atoms. The molecule has 9 rings (SSSR count). The van der Waals surface area contributed by atoms with Crippen molar-refractivity contribution in [2.24, 2.45) is 0 Å². The number of para-hydroxylation sites is 1. The third kappa shape index (κ3) is 4.40. The van der Waals surface area contributed by atoms with E-state index in [2.05, 4.69) is 153 Å². The summed E-state index contributed by atoms with van der Waals surface area (Å²) in [6, 6.07) is 43.7. The Kier molecular flexibility index (Phi) is 6.94. The number of allylic oxidation sites excluding steroid dienone is 2. The first-order valence-corrected chi connectivity index (χ1v) is 21.4. The molecule has 5 aromatic rings. The molecule has 48 heavy (non-hydrogen) atoms. The number of nitrogens with zero attached hydrogens (tertiary/aromatic N) is 2. The predicted octanol–water partition coefficient (Wildman–Crippen LogP) is 8.84. The molecule has 0 fully saturated rings. The van der Waals surface area contributed by atoms with E-state index in [1.165, 1.54) is 86.3 Å². The Morgan fingerprint density at radius 2 is 1.40 bits per heavy atom. The van der Waals surface area contributed by atoms with Crippen LogP contribution in [-0.4, -0.2) is 14.8 Å². The SMILES string of the molecule is CC[Si]1(C)c2ccccc2B2c3ccc(N4C5=C(CCCC5)Sc5ccccc54)cc3N(c3ccc(C(C)(C)C)cc3)c3cccc1c32. The zero-order valence-electron chi connectivity index (χ0n) is 28.8. The molecule has 5 aromatic carbocycles. The van der Waals surface area contributed by atoms with E-state index in [-0.39, 0.29) is 12.1 Å². The summed E-state index contributed by atoms with van der Waals surface area (Å²) < 4.78 is 0. The molecule has 0 saturated carbocycles. The second-order valence-electron chi connectivity index (χ2n) is 15.3. The van der Waals surface area contributed by atoms with Crippen LogP contribution in [0.5, 0.6) is 0 Å². The van der Waals surface area contributed by atoms with Gasteiger partial charge in [0.1, 0.15) is 8.07 Å². The summed E-state index contributed by atoms with van der Waals surface area (Å²) >= 11 is 2.00. The number of hydrogen-bond donors (Lipinski definition) is 0. The van der Waals surface area contributed by atoms with Gasteiger partial charge in [-0.3, -0.25) is 0 Å². The van der Waals surface area contributed by atoms with Gasteiger partial charge in [0.25, 0.3) is 0 Å². The molecule has 4 aliphatic rings. The summed E-state index contributed by atoms with van der Waals surface area (Å²) in [4.78, 5) is 8.11. The molecule has 0 saturated heterocycles. The highest BCUT2D eigenvalue weighted by atomic mass is 32.2. The molecule has 3 heterocycles. The van der Waals surface area contributed by atoms with Crippen molar-refractivity contribution in [2.45, 2.75) is 76.3 Å². The summed E-state index contributed by atoms with van der Waals surface area (Å²) in [6.07, 6.45) is 4.85. The van der Waals surface area contributed by atoms with Gasteiger partial charge >= 0.3 is 0 Å². The minimum Gasteiger partial charge on any atom is -0.312 e. The minimum absolute atomic E-state index is 0.103. The Balaban J connectivity index is 1.31. The highest BCUT2D eigenvalue weighted by Crippen LogP contribution is 2.51. The molecule has 0 N–H and O–H groups in total. The first-order valence-electron chi connectivity index (χ1n) is 17.8. The van der Waals surface area contributed by atoms with E-state index in [4.69, 9.17) is 0 Å². The van der Waals surface area contributed by atoms with Gasteiger partial charge in [0.2, 0.25) is 6.71 Å². The Morgan fingerprint density at radius 1 is 0.688 bits per heavy atom. The first-order chi connectivity index (χ1) is 23.3. The van der Waals surface area contributed by atoms with Crippen LogP contribution in [0, 0.1) is 0 Å². The fourth-order valence-corrected chi connectivity index (χ4v) is 13.9. The van der Waals surface area contributed by atoms with Crippen LogP contribution in [0.4, 0.5) is 28.4 Å². The number of fused-ring (bicyclic) bond motifs is 5. The van der Waals surface area contributed by atoms with Crippen LogP contribution in [0.1, 0.15) is 58.9 Å². The van der Waals surface area contributed by atoms with Crippen LogP contribution in [0.25, 0.3) is 0 Å². The summed E-state index contributed by atoms with van der Waals surface area (Å²) in [6.45, 7) is 12.2. The van der Waals surface area contributed by atoms with Crippen LogP contribution in [-0.2, 0) is 5.41 Å². The normalized spacial score (nSPS) is 19.3. The van der Waals surface area contributed by atoms with Gasteiger partial charge in [0.05, 0.1) is 5.69 Å². The highest BCUT2D eigenvalue weighted by molar-refractivity contribution is 8.03. The van der Waals surface area contributed by atoms with Crippen molar-refractivity contribution in [3.63, 3.8) is 0 Å². The average molecular weight is 659 g/mol. The first kappa shape index (κ1) is 30.2. The molecule has 3 aliphatic heterocycles. The lowest BCUT2D eigenvalue weighted by Crippen LogP contribution is -2.78. The van der Waals surface area contributed by atoms with Crippen molar-refractivity contribution >= 4 is 81.7 Å². The van der Waals surface area contributed by atoms with E-state index in [0.717, 1.165) is 6.42 Å². The van der Waals surface area contributed by atoms with Crippen LogP contribution < -0.4 is 36.6 Å². The molecular formula is C43H43BN2SSi. The highest BCUT2D eigenvalue weighted by Gasteiger charge is 2.48. The molecule has 0 amide bonds. The zero-order chi connectivity index (χ0) is 32.8. The van der Waals surface area contributed by atoms with E-state index < -0.39 is 8.07 Å². The summed E-state index contributed by atoms with van der Waals surface area (Å²) in [5.74, 6) is 0. The van der Waals surface area contributed by atoms with Crippen LogP contribution in [0.15, 0.2) is 125 Å². The van der Waals surface area contributed by atoms with Gasteiger partial charge in [-0.05, 0) is 90.1 Å². The molecule has 1 aliphatic carbocycles. The third-order valence-corrected chi connectivity index (χ3v) is 17.5. The summed E-state index contributed by atoms with van der Waals surface area (Å²) in [5.41, 5.74) is 13.9. The molecule has 238 valence electrons. The second-order valence-corrected chi connectivity index (χ2v) is 20.9. The van der Waals surface area contributed by atoms with Crippen molar-refractivity contribution in [1.82, 2.24) is 0 Å². The lowest BCUT2D eigenvalue weighted by Gasteiger charge is -2.46. The number of rotatable bonds is 3. The van der Waals surface area contributed by atoms with Gasteiger partial charge in [-0.1, -0.05) is 135 Å². The average Bonchev–Trinajstić information content (AvgIpc) is 3.11. The maximum absolute atomic E-state index is 2.60. The Hall–Kier alpha value is -3.93. The van der Waals surface area contributed by atoms with Gasteiger partial charge < -0.3 is 9.80 Å². The molecule has 1 atom stereocenters. The van der Waals surface area contributed by atoms with Crippen molar-refractivity contribution < 1.29 is 0 Å². The van der Waals surface area contributed by atoms with Crippen molar-refractivity contribution in [1.29, 1.82) is 0 Å². The summed E-state index contributed by atoms with van der Waals surface area (Å²) in [7, 11) is -1.93. The van der Waals surface area contributed by atoms with E-state index in [1.54, 1.807) is 15.3 Å². The van der Waals surface area contributed by atoms with Gasteiger partial charge in [-0.25, -0.2) is 0 Å². The number of hydrogen-bond acceptors (Lipinski definition) is 3. The van der Waals surface area contributed by atoms with Gasteiger partial charge in [-0.15, -0.1) is 0 Å². The topological polar surface area (TPSA) is 6.48 Å². The molecule has 0 aromatic heterocycles. The Labute approximate surface area is 292 Å². The van der Waals surface area contributed by atoms with Crippen molar-refractivity contribution in [3.8, 4) is 0 Å². The fourth-order valence-electron chi connectivity index (χ4n) is 8.93. The fraction of sp³-hybridized carbons (Fsp3) is 0.256. The van der Waals surface area contributed by atoms with E-state index in [9.17, 15) is 0 Å². The quantitative estimate of drug-likeness (QED) is 0.176. The predicted molar refractivity (Wildman–Crippen MR) is 212 cm³/mol. The monoisotopic (exact) mass is 658 g/mol. The van der Waals surface area contributed by atoms with Crippen molar-refractivity contribution in [3.05, 3.63) is 125 Å². The largest absolute Gasteiger partial charge is 0.312 e. The smallest absolute Gasteiger partial charge is 0.246 e. The number of anilines is 5. The number of benzene rings is 5. The second kappa shape index (κ2) is 11.0. The maximum atomic E-state index is 2.60. The summed E-state index contributed by atoms with van der Waals surface area (Å²) in [5, 5.41) is 3.22. The van der Waals surface area contributed by atoms with Crippen molar-refractivity contribution in [2.75, 3.05) is 9.80 Å². The molecule has 2 nitrogen and oxygen atoms in total. The van der Waals surface area contributed by atoms with E-state index in [1.807, 2.05) is 11.8 Å². The standard InChI is InChI=1S/C43H43BN2SSi/c1-6-48(5)40-20-12-7-14-33(40)44-32-27-26-31(46-34-15-8-10-18-38(34)47-39-19-11-9-16-35(39)46)28-37(32)45(36-17-13-21-41(48)42(36)44)30-24-22-29(23-25-30)43(2,3)4/h7-8,10,12-15,17-18,20-28H,6,9,11,16,19H2,1-5H3. The molecule has 0 radical (unpaired) electrons. The van der Waals surface area contributed by atoms with E-state index >= 15 is 0 Å². The van der Waals surface area contributed by atoms with Gasteiger partial charge in [-0.2, -0.15) is 0 Å². The number of thioether (sulfide) groups is 1. The van der Waals surface area contributed by atoms with Crippen LogP contribution >= 0.6 is 11.8 Å². The Morgan fingerprint density at radius 3 is 2.21 bits per heavy atom. The minimum atomic E-state index is -1.93. The lowest BCUT2D eigenvalue weighted by molar-refractivity contribution is 0.590.